The van der Waals surface area contributed by atoms with E-state index in [2.05, 4.69) is 4.99 Å². The zero-order valence-electron chi connectivity index (χ0n) is 20.0. The highest BCUT2D eigenvalue weighted by molar-refractivity contribution is 7.07. The van der Waals surface area contributed by atoms with Crippen LogP contribution in [0.4, 0.5) is 5.88 Å². The summed E-state index contributed by atoms with van der Waals surface area (Å²) in [5, 5.41) is 11.0. The second-order valence-corrected chi connectivity index (χ2v) is 8.59. The van der Waals surface area contributed by atoms with Crippen LogP contribution in [0.1, 0.15) is 38.1 Å². The predicted octanol–water partition coefficient (Wildman–Crippen LogP) is 2.71. The van der Waals surface area contributed by atoms with Crippen LogP contribution in [-0.2, 0) is 9.53 Å². The molecule has 0 aliphatic carbocycles. The highest BCUT2D eigenvalue weighted by atomic mass is 32.1. The zero-order chi connectivity index (χ0) is 26.0. The van der Waals surface area contributed by atoms with Gasteiger partial charge in [-0.2, -0.15) is 0 Å². The van der Waals surface area contributed by atoms with Crippen LogP contribution in [0.15, 0.2) is 55.8 Å². The first-order valence-corrected chi connectivity index (χ1v) is 11.8. The molecule has 0 N–H and O–H groups in total. The van der Waals surface area contributed by atoms with Gasteiger partial charge in [0.1, 0.15) is 10.7 Å². The summed E-state index contributed by atoms with van der Waals surface area (Å²) in [4.78, 5) is 41.8. The standard InChI is InChI=1S/C24H23N3O8S/c1-5-33-17-11-14(7-9-16(17)32-4)21-20(23(29)34-6-2)13(3)25-24-26(21)22(28)18(36-24)12-15-8-10-19(35-15)27(30)31/h7-12,21H,5-6H2,1-4H3/b18-12-/t21-/m1/s1. The van der Waals surface area contributed by atoms with E-state index >= 15 is 0 Å². The number of fused-ring (bicyclic) bond motifs is 1. The Morgan fingerprint density at radius 3 is 2.67 bits per heavy atom. The minimum atomic E-state index is -0.849. The molecule has 1 aliphatic rings. The lowest BCUT2D eigenvalue weighted by atomic mass is 9.95. The molecule has 1 aliphatic heterocycles. The molecule has 0 radical (unpaired) electrons. The van der Waals surface area contributed by atoms with Crippen molar-refractivity contribution in [3.05, 3.63) is 82.7 Å². The summed E-state index contributed by atoms with van der Waals surface area (Å²) in [5.41, 5.74) is 0.787. The molecule has 4 rings (SSSR count). The number of carbonyl (C=O) groups is 1. The van der Waals surface area contributed by atoms with Crippen molar-refractivity contribution in [3.8, 4) is 11.5 Å². The predicted molar refractivity (Wildman–Crippen MR) is 130 cm³/mol. The first-order valence-electron chi connectivity index (χ1n) is 11.0. The highest BCUT2D eigenvalue weighted by Gasteiger charge is 2.34. The lowest BCUT2D eigenvalue weighted by molar-refractivity contribution is -0.402. The number of esters is 1. The minimum absolute atomic E-state index is 0.146. The van der Waals surface area contributed by atoms with Crippen LogP contribution in [0, 0.1) is 10.1 Å². The summed E-state index contributed by atoms with van der Waals surface area (Å²) < 4.78 is 23.2. The normalized spacial score (nSPS) is 15.3. The summed E-state index contributed by atoms with van der Waals surface area (Å²) in [7, 11) is 1.52. The fourth-order valence-corrected chi connectivity index (χ4v) is 4.91. The van der Waals surface area contributed by atoms with Crippen LogP contribution in [0.25, 0.3) is 6.08 Å². The zero-order valence-corrected chi connectivity index (χ0v) is 20.8. The molecule has 11 nitrogen and oxygen atoms in total. The van der Waals surface area contributed by atoms with Crippen molar-refractivity contribution in [1.29, 1.82) is 0 Å². The van der Waals surface area contributed by atoms with Crippen molar-refractivity contribution in [3.63, 3.8) is 0 Å². The van der Waals surface area contributed by atoms with Crippen LogP contribution in [0.2, 0.25) is 0 Å². The Hall–Kier alpha value is -4.19. The van der Waals surface area contributed by atoms with E-state index in [-0.39, 0.29) is 22.5 Å². The average molecular weight is 514 g/mol. The molecule has 0 saturated carbocycles. The number of benzene rings is 1. The highest BCUT2D eigenvalue weighted by Crippen LogP contribution is 2.36. The van der Waals surface area contributed by atoms with Crippen LogP contribution in [0.3, 0.4) is 0 Å². The van der Waals surface area contributed by atoms with Gasteiger partial charge in [-0.1, -0.05) is 17.4 Å². The lowest BCUT2D eigenvalue weighted by Gasteiger charge is -2.25. The first kappa shape index (κ1) is 24.9. The van der Waals surface area contributed by atoms with Gasteiger partial charge in [0.15, 0.2) is 16.3 Å². The summed E-state index contributed by atoms with van der Waals surface area (Å²) in [6.07, 6.45) is 1.41. The Labute approximate surface area is 208 Å². The van der Waals surface area contributed by atoms with E-state index in [1.54, 1.807) is 32.0 Å². The van der Waals surface area contributed by atoms with Crippen molar-refractivity contribution >= 4 is 29.3 Å². The van der Waals surface area contributed by atoms with Crippen LogP contribution >= 0.6 is 11.3 Å². The quantitative estimate of drug-likeness (QED) is 0.255. The van der Waals surface area contributed by atoms with Crippen LogP contribution in [0.5, 0.6) is 11.5 Å². The van der Waals surface area contributed by atoms with Gasteiger partial charge < -0.3 is 18.6 Å². The molecule has 2 aromatic heterocycles. The number of nitro groups is 1. The Balaban J connectivity index is 1.94. The van der Waals surface area contributed by atoms with Crippen molar-refractivity contribution in [2.75, 3.05) is 20.3 Å². The first-order chi connectivity index (χ1) is 17.3. The maximum absolute atomic E-state index is 13.6. The van der Waals surface area contributed by atoms with E-state index in [0.717, 1.165) is 11.3 Å². The second kappa shape index (κ2) is 10.2. The second-order valence-electron chi connectivity index (χ2n) is 7.58. The van der Waals surface area contributed by atoms with Crippen LogP contribution < -0.4 is 24.4 Å². The molecule has 0 unspecified atom stereocenters. The van der Waals surface area contributed by atoms with Crippen molar-refractivity contribution in [2.24, 2.45) is 4.99 Å². The molecular formula is C24H23N3O8S. The minimum Gasteiger partial charge on any atom is -0.493 e. The van der Waals surface area contributed by atoms with Gasteiger partial charge in [0, 0.05) is 6.08 Å². The van der Waals surface area contributed by atoms with Crippen molar-refractivity contribution in [2.45, 2.75) is 26.8 Å². The number of hydrogen-bond donors (Lipinski definition) is 0. The third-order valence-electron chi connectivity index (χ3n) is 5.39. The average Bonchev–Trinajstić information content (AvgIpc) is 3.43. The number of allylic oxidation sites excluding steroid dienone is 1. The monoisotopic (exact) mass is 513 g/mol. The number of methoxy groups -OCH3 is 1. The van der Waals surface area contributed by atoms with Gasteiger partial charge in [-0.15, -0.1) is 0 Å². The van der Waals surface area contributed by atoms with E-state index in [0.29, 0.717) is 34.2 Å². The largest absolute Gasteiger partial charge is 0.493 e. The van der Waals surface area contributed by atoms with E-state index in [1.807, 2.05) is 6.92 Å². The maximum Gasteiger partial charge on any atom is 0.433 e. The number of aromatic nitrogens is 1. The molecule has 0 bridgehead atoms. The fraction of sp³-hybridized carbons (Fsp3) is 0.292. The van der Waals surface area contributed by atoms with E-state index < -0.39 is 28.4 Å². The van der Waals surface area contributed by atoms with Gasteiger partial charge in [0.25, 0.3) is 5.56 Å². The Morgan fingerprint density at radius 1 is 1.25 bits per heavy atom. The third kappa shape index (κ3) is 4.54. The molecule has 0 saturated heterocycles. The molecule has 36 heavy (non-hydrogen) atoms. The summed E-state index contributed by atoms with van der Waals surface area (Å²) in [6, 6.07) is 6.94. The Morgan fingerprint density at radius 2 is 2.03 bits per heavy atom. The molecule has 1 atom stereocenters. The van der Waals surface area contributed by atoms with Gasteiger partial charge in [-0.3, -0.25) is 19.5 Å². The lowest BCUT2D eigenvalue weighted by Crippen LogP contribution is -2.39. The van der Waals surface area contributed by atoms with E-state index in [1.165, 1.54) is 29.9 Å². The van der Waals surface area contributed by atoms with Gasteiger partial charge in [0.05, 0.1) is 48.2 Å². The van der Waals surface area contributed by atoms with Crippen LogP contribution in [-0.4, -0.2) is 35.8 Å². The van der Waals surface area contributed by atoms with Crippen molar-refractivity contribution in [1.82, 2.24) is 4.57 Å². The molecule has 3 heterocycles. The molecular weight excluding hydrogens is 490 g/mol. The maximum atomic E-state index is 13.6. The number of carbonyl (C=O) groups excluding carboxylic acids is 1. The summed E-state index contributed by atoms with van der Waals surface area (Å²) in [6.45, 7) is 5.75. The molecule has 0 spiro atoms. The van der Waals surface area contributed by atoms with E-state index in [9.17, 15) is 19.7 Å². The number of hydrogen-bond acceptors (Lipinski definition) is 10. The number of thiazole rings is 1. The number of rotatable bonds is 8. The smallest absolute Gasteiger partial charge is 0.433 e. The number of furan rings is 1. The molecule has 1 aromatic carbocycles. The fourth-order valence-electron chi connectivity index (χ4n) is 3.89. The summed E-state index contributed by atoms with van der Waals surface area (Å²) >= 11 is 1.08. The molecule has 188 valence electrons. The SMILES string of the molecule is CCOC(=O)C1=C(C)N=c2s/c(=C\c3ccc([N+](=O)[O-])o3)c(=O)n2[C@@H]1c1ccc(OC)c(OCC)c1. The van der Waals surface area contributed by atoms with Gasteiger partial charge >= 0.3 is 11.9 Å². The third-order valence-corrected chi connectivity index (χ3v) is 6.37. The summed E-state index contributed by atoms with van der Waals surface area (Å²) in [5.74, 6) is 0.0848. The Kier molecular flexibility index (Phi) is 7.06. The van der Waals surface area contributed by atoms with Gasteiger partial charge in [-0.05, 0) is 44.5 Å². The van der Waals surface area contributed by atoms with Crippen molar-refractivity contribution < 1.29 is 28.3 Å². The number of nitrogens with zero attached hydrogens (tertiary/aromatic N) is 3. The van der Waals surface area contributed by atoms with Gasteiger partial charge in [-0.25, -0.2) is 9.79 Å². The Bertz CT molecular complexity index is 1550. The number of ether oxygens (including phenoxy) is 3. The molecule has 3 aromatic rings. The topological polar surface area (TPSA) is 135 Å². The van der Waals surface area contributed by atoms with E-state index in [4.69, 9.17) is 18.6 Å². The molecule has 12 heteroatoms. The van der Waals surface area contributed by atoms with Gasteiger partial charge in [0.2, 0.25) is 0 Å². The molecule has 0 fully saturated rings. The molecule has 0 amide bonds.